The van der Waals surface area contributed by atoms with Crippen molar-refractivity contribution in [1.82, 2.24) is 19.9 Å². The van der Waals surface area contributed by atoms with E-state index in [0.29, 0.717) is 39.9 Å². The third-order valence-electron chi connectivity index (χ3n) is 6.34. The molecule has 198 valence electrons. The van der Waals surface area contributed by atoms with Gasteiger partial charge in [-0.1, -0.05) is 28.9 Å². The van der Waals surface area contributed by atoms with Gasteiger partial charge in [-0.25, -0.2) is 8.42 Å². The summed E-state index contributed by atoms with van der Waals surface area (Å²) < 4.78 is 42.2. The molecule has 0 saturated carbocycles. The fraction of sp³-hybridized carbons (Fsp3) is 0.269. The second-order valence-corrected chi connectivity index (χ2v) is 12.6. The van der Waals surface area contributed by atoms with E-state index in [1.807, 2.05) is 55.8 Å². The van der Waals surface area contributed by atoms with E-state index in [0.717, 1.165) is 32.7 Å². The van der Waals surface area contributed by atoms with Crippen LogP contribution in [-0.4, -0.2) is 35.4 Å². The van der Waals surface area contributed by atoms with Crippen LogP contribution in [0.25, 0.3) is 22.0 Å². The van der Waals surface area contributed by atoms with Gasteiger partial charge in [0.05, 0.1) is 30.3 Å². The molecule has 1 N–H and O–H groups in total. The zero-order valence-electron chi connectivity index (χ0n) is 21.7. The molecule has 4 aromatic heterocycles. The average molecular weight is 572 g/mol. The van der Waals surface area contributed by atoms with Gasteiger partial charge in [0.2, 0.25) is 0 Å². The van der Waals surface area contributed by atoms with Crippen LogP contribution in [0.5, 0.6) is 5.75 Å². The van der Waals surface area contributed by atoms with Crippen LogP contribution in [0.4, 0.5) is 5.82 Å². The highest BCUT2D eigenvalue weighted by Gasteiger charge is 2.27. The maximum absolute atomic E-state index is 13.4. The van der Waals surface area contributed by atoms with Gasteiger partial charge < -0.3 is 9.26 Å². The van der Waals surface area contributed by atoms with E-state index in [4.69, 9.17) is 20.9 Å². The smallest absolute Gasteiger partial charge is 0.273 e. The highest BCUT2D eigenvalue weighted by atomic mass is 35.5. The van der Waals surface area contributed by atoms with Crippen molar-refractivity contribution < 1.29 is 17.7 Å². The molecule has 1 aromatic carbocycles. The van der Waals surface area contributed by atoms with Gasteiger partial charge in [-0.3, -0.25) is 14.4 Å². The van der Waals surface area contributed by atoms with Gasteiger partial charge in [-0.15, -0.1) is 11.3 Å². The summed E-state index contributed by atoms with van der Waals surface area (Å²) in [6.45, 7) is 9.64. The molecule has 0 aliphatic rings. The number of rotatable bonds is 7. The van der Waals surface area contributed by atoms with Crippen molar-refractivity contribution in [1.29, 1.82) is 0 Å². The maximum Gasteiger partial charge on any atom is 0.273 e. The second-order valence-electron chi connectivity index (χ2n) is 9.10. The Morgan fingerprint density at radius 2 is 1.87 bits per heavy atom. The fourth-order valence-electron chi connectivity index (χ4n) is 4.39. The molecule has 0 fully saturated rings. The van der Waals surface area contributed by atoms with Crippen molar-refractivity contribution in [2.45, 2.75) is 45.4 Å². The lowest BCUT2D eigenvalue weighted by Crippen LogP contribution is -2.13. The third-order valence-corrected chi connectivity index (χ3v) is 9.53. The Morgan fingerprint density at radius 1 is 1.11 bits per heavy atom. The first-order chi connectivity index (χ1) is 18.0. The molecule has 12 heteroatoms. The topological polar surface area (TPSA) is 112 Å². The number of anilines is 1. The summed E-state index contributed by atoms with van der Waals surface area (Å²) >= 11 is 7.61. The molecule has 0 spiro atoms. The van der Waals surface area contributed by atoms with Crippen molar-refractivity contribution in [2.24, 2.45) is 0 Å². The number of aromatic nitrogens is 4. The molecule has 38 heavy (non-hydrogen) atoms. The Hall–Kier alpha value is -3.41. The Morgan fingerprint density at radius 3 is 2.55 bits per heavy atom. The number of methoxy groups -OCH3 is 1. The Balaban J connectivity index is 1.53. The number of benzene rings is 1. The van der Waals surface area contributed by atoms with Crippen LogP contribution < -0.4 is 9.46 Å². The molecular formula is C26H26ClN5O4S2. The van der Waals surface area contributed by atoms with Crippen LogP contribution in [0, 0.1) is 34.6 Å². The number of hydrogen-bond donors (Lipinski definition) is 1. The van der Waals surface area contributed by atoms with Crippen molar-refractivity contribution in [2.75, 3.05) is 11.8 Å². The quantitative estimate of drug-likeness (QED) is 0.247. The highest BCUT2D eigenvalue weighted by molar-refractivity contribution is 7.94. The minimum atomic E-state index is -3.94. The molecule has 0 radical (unpaired) electrons. The van der Waals surface area contributed by atoms with E-state index in [-0.39, 0.29) is 10.0 Å². The van der Waals surface area contributed by atoms with Crippen molar-refractivity contribution in [3.05, 3.63) is 68.6 Å². The zero-order chi connectivity index (χ0) is 27.4. The van der Waals surface area contributed by atoms with E-state index >= 15 is 0 Å². The molecule has 5 aromatic rings. The van der Waals surface area contributed by atoms with Crippen LogP contribution in [0.2, 0.25) is 5.15 Å². The number of aryl methyl sites for hydroxylation is 4. The molecule has 0 aliphatic heterocycles. The molecule has 5 rings (SSSR count). The van der Waals surface area contributed by atoms with E-state index in [1.54, 1.807) is 21.0 Å². The van der Waals surface area contributed by atoms with Crippen LogP contribution >= 0.6 is 22.9 Å². The molecule has 0 unspecified atom stereocenters. The lowest BCUT2D eigenvalue weighted by molar-refractivity contribution is 0.399. The molecular weight excluding hydrogens is 546 g/mol. The summed E-state index contributed by atoms with van der Waals surface area (Å²) in [6, 6.07) is 9.49. The minimum absolute atomic E-state index is 0.171. The lowest BCUT2D eigenvalue weighted by atomic mass is 10.0. The summed E-state index contributed by atoms with van der Waals surface area (Å²) in [6.07, 6.45) is 0. The van der Waals surface area contributed by atoms with Crippen LogP contribution in [0.1, 0.15) is 33.2 Å². The highest BCUT2D eigenvalue weighted by Crippen LogP contribution is 2.41. The molecule has 4 heterocycles. The molecule has 0 bridgehead atoms. The largest absolute Gasteiger partial charge is 0.496 e. The van der Waals surface area contributed by atoms with E-state index < -0.39 is 10.0 Å². The molecule has 9 nitrogen and oxygen atoms in total. The first-order valence-electron chi connectivity index (χ1n) is 11.7. The van der Waals surface area contributed by atoms with Gasteiger partial charge in [-0.2, -0.15) is 5.10 Å². The van der Waals surface area contributed by atoms with E-state index in [9.17, 15) is 8.42 Å². The standard InChI is InChI=1S/C26H26ClN5O4S2/c1-13-9-21-23(16(4)28-13)24(27)29-32(21)12-18-7-8-19(22(11-18)35-6)20-10-14(2)37-26(20)38(33,34)31-25-15(3)17(5)36-30-25/h7-11H,12H2,1-6H3,(H,30,31). The normalized spacial score (nSPS) is 11.9. The SMILES string of the molecule is COc1cc(Cn2nc(Cl)c3c(C)nc(C)cc32)ccc1-c1cc(C)sc1S(=O)(=O)Nc1noc(C)c1C. The van der Waals surface area contributed by atoms with Gasteiger partial charge in [0.15, 0.2) is 11.0 Å². The van der Waals surface area contributed by atoms with Crippen LogP contribution in [0.3, 0.4) is 0 Å². The van der Waals surface area contributed by atoms with Crippen LogP contribution in [0.15, 0.2) is 39.1 Å². The number of sulfonamides is 1. The lowest BCUT2D eigenvalue weighted by Gasteiger charge is -2.13. The Labute approximate surface area is 229 Å². The number of nitrogens with one attached hydrogen (secondary N) is 1. The number of thiophene rings is 1. The van der Waals surface area contributed by atoms with Gasteiger partial charge in [0, 0.05) is 27.3 Å². The molecule has 0 aliphatic carbocycles. The summed E-state index contributed by atoms with van der Waals surface area (Å²) in [5.41, 5.74) is 5.37. The molecule has 0 amide bonds. The fourth-order valence-corrected chi connectivity index (χ4v) is 7.42. The molecule has 0 saturated heterocycles. The molecule has 0 atom stereocenters. The summed E-state index contributed by atoms with van der Waals surface area (Å²) in [7, 11) is -2.37. The van der Waals surface area contributed by atoms with Crippen molar-refractivity contribution in [3.8, 4) is 16.9 Å². The predicted octanol–water partition coefficient (Wildman–Crippen LogP) is 6.20. The number of ether oxygens (including phenoxy) is 1. The monoisotopic (exact) mass is 571 g/mol. The first kappa shape index (κ1) is 26.2. The number of nitrogens with zero attached hydrogens (tertiary/aromatic N) is 4. The van der Waals surface area contributed by atoms with E-state index in [2.05, 4.69) is 20.0 Å². The summed E-state index contributed by atoms with van der Waals surface area (Å²) in [5.74, 6) is 1.27. The second kappa shape index (κ2) is 9.72. The van der Waals surface area contributed by atoms with Crippen molar-refractivity contribution >= 4 is 49.7 Å². The number of hydrogen-bond acceptors (Lipinski definition) is 8. The van der Waals surface area contributed by atoms with Gasteiger partial charge in [0.25, 0.3) is 10.0 Å². The Bertz CT molecular complexity index is 1800. The van der Waals surface area contributed by atoms with Crippen molar-refractivity contribution in [3.63, 3.8) is 0 Å². The summed E-state index contributed by atoms with van der Waals surface area (Å²) in [5, 5.41) is 9.60. The van der Waals surface area contributed by atoms with Gasteiger partial charge >= 0.3 is 0 Å². The zero-order valence-corrected chi connectivity index (χ0v) is 24.1. The number of halogens is 1. The van der Waals surface area contributed by atoms with E-state index in [1.165, 1.54) is 11.3 Å². The number of pyridine rings is 1. The average Bonchev–Trinajstić information content (AvgIpc) is 3.50. The maximum atomic E-state index is 13.4. The summed E-state index contributed by atoms with van der Waals surface area (Å²) in [4.78, 5) is 5.34. The minimum Gasteiger partial charge on any atom is -0.496 e. The van der Waals surface area contributed by atoms with Gasteiger partial charge in [-0.05, 0) is 58.4 Å². The first-order valence-corrected chi connectivity index (χ1v) is 14.4. The van der Waals surface area contributed by atoms with Gasteiger partial charge in [0.1, 0.15) is 15.7 Å². The Kier molecular flexibility index (Phi) is 6.70. The predicted molar refractivity (Wildman–Crippen MR) is 149 cm³/mol. The van der Waals surface area contributed by atoms with Crippen LogP contribution in [-0.2, 0) is 16.6 Å². The third kappa shape index (κ3) is 4.65. The number of fused-ring (bicyclic) bond motifs is 1.